The first-order valence-corrected chi connectivity index (χ1v) is 10.8. The van der Waals surface area contributed by atoms with Gasteiger partial charge in [0.15, 0.2) is 0 Å². The first-order valence-electron chi connectivity index (χ1n) is 9.33. The molecule has 29 heavy (non-hydrogen) atoms. The van der Waals surface area contributed by atoms with Crippen LogP contribution in [0.5, 0.6) is 5.75 Å². The number of carbonyl (C=O) groups excluding carboxylic acids is 2. The summed E-state index contributed by atoms with van der Waals surface area (Å²) in [4.78, 5) is 25.2. The number of sulfonamides is 1. The molecule has 2 aliphatic heterocycles. The highest BCUT2D eigenvalue weighted by Gasteiger charge is 2.42. The van der Waals surface area contributed by atoms with Gasteiger partial charge in [-0.2, -0.15) is 0 Å². The normalized spacial score (nSPS) is 21.1. The van der Waals surface area contributed by atoms with E-state index in [1.54, 1.807) is 12.1 Å². The number of amides is 2. The molecule has 0 unspecified atom stereocenters. The van der Waals surface area contributed by atoms with Crippen LogP contribution in [-0.4, -0.2) is 36.7 Å². The van der Waals surface area contributed by atoms with Gasteiger partial charge in [-0.25, -0.2) is 12.7 Å². The molecule has 4 rings (SSSR count). The third-order valence-corrected chi connectivity index (χ3v) is 6.94. The molecule has 1 N–H and O–H groups in total. The van der Waals surface area contributed by atoms with Gasteiger partial charge in [0.05, 0.1) is 11.6 Å². The molecular weight excluding hydrogens is 392 g/mol. The minimum Gasteiger partial charge on any atom is -0.487 e. The molecule has 7 nitrogen and oxygen atoms in total. The molecule has 0 radical (unpaired) electrons. The van der Waals surface area contributed by atoms with E-state index in [2.05, 4.69) is 5.32 Å². The van der Waals surface area contributed by atoms with E-state index in [9.17, 15) is 18.0 Å². The van der Waals surface area contributed by atoms with Crippen LogP contribution in [0.2, 0.25) is 0 Å². The van der Waals surface area contributed by atoms with Gasteiger partial charge < -0.3 is 10.1 Å². The number of benzene rings is 2. The molecule has 8 heteroatoms. The Morgan fingerprint density at radius 3 is 2.69 bits per heavy atom. The molecule has 0 bridgehead atoms. The van der Waals surface area contributed by atoms with E-state index in [1.165, 1.54) is 12.1 Å². The van der Waals surface area contributed by atoms with Gasteiger partial charge in [-0.15, -0.1) is 0 Å². The maximum absolute atomic E-state index is 12.7. The van der Waals surface area contributed by atoms with Crippen molar-refractivity contribution in [2.45, 2.75) is 43.7 Å². The Hall–Kier alpha value is -2.87. The highest BCUT2D eigenvalue weighted by atomic mass is 32.2. The number of nitrogens with one attached hydrogen (secondary N) is 1. The van der Waals surface area contributed by atoms with Gasteiger partial charge in [0.2, 0.25) is 5.91 Å². The Balaban J connectivity index is 1.57. The first-order chi connectivity index (χ1) is 13.6. The molecule has 2 aliphatic rings. The standard InChI is InChI=1S/C21H22N2O5S/c1-13-8-9-17-15(10-13)16(11-21(2,3)28-17)22-19(24)12-23-20(25)14-6-4-5-7-18(14)29(23,26)27/h4-10,16H,11-12H2,1-3H3,(H,22,24)/t16-/m1/s1. The zero-order valence-corrected chi connectivity index (χ0v) is 17.2. The number of aryl methyl sites for hydroxylation is 1. The quantitative estimate of drug-likeness (QED) is 0.833. The van der Waals surface area contributed by atoms with Crippen molar-refractivity contribution >= 4 is 21.8 Å². The van der Waals surface area contributed by atoms with Crippen LogP contribution in [0, 0.1) is 6.92 Å². The lowest BCUT2D eigenvalue weighted by Crippen LogP contribution is -2.45. The summed E-state index contributed by atoms with van der Waals surface area (Å²) in [7, 11) is -4.02. The summed E-state index contributed by atoms with van der Waals surface area (Å²) in [5, 5.41) is 2.89. The predicted octanol–water partition coefficient (Wildman–Crippen LogP) is 2.56. The van der Waals surface area contributed by atoms with E-state index in [4.69, 9.17) is 4.74 Å². The summed E-state index contributed by atoms with van der Waals surface area (Å²) in [5.41, 5.74) is 1.47. The molecule has 0 saturated heterocycles. The minimum atomic E-state index is -4.02. The number of carbonyl (C=O) groups is 2. The van der Waals surface area contributed by atoms with Crippen LogP contribution < -0.4 is 10.1 Å². The van der Waals surface area contributed by atoms with Gasteiger partial charge in [-0.1, -0.05) is 29.8 Å². The van der Waals surface area contributed by atoms with Crippen LogP contribution in [0.3, 0.4) is 0 Å². The molecule has 2 amide bonds. The Bertz CT molecular complexity index is 1120. The van der Waals surface area contributed by atoms with Crippen molar-refractivity contribution in [1.82, 2.24) is 9.62 Å². The van der Waals surface area contributed by atoms with Gasteiger partial charge in [0.25, 0.3) is 15.9 Å². The van der Waals surface area contributed by atoms with Crippen molar-refractivity contribution in [2.75, 3.05) is 6.54 Å². The molecule has 0 spiro atoms. The summed E-state index contributed by atoms with van der Waals surface area (Å²) in [6.45, 7) is 5.25. The molecule has 2 aromatic rings. The molecule has 0 saturated carbocycles. The number of hydrogen-bond donors (Lipinski definition) is 1. The predicted molar refractivity (Wildman–Crippen MR) is 106 cm³/mol. The lowest BCUT2D eigenvalue weighted by molar-refractivity contribution is -0.122. The third kappa shape index (κ3) is 3.37. The maximum Gasteiger partial charge on any atom is 0.269 e. The fourth-order valence-electron chi connectivity index (χ4n) is 3.86. The second kappa shape index (κ2) is 6.59. The van der Waals surface area contributed by atoms with Crippen LogP contribution in [0.15, 0.2) is 47.4 Å². The molecule has 1 atom stereocenters. The summed E-state index contributed by atoms with van der Waals surface area (Å²) >= 11 is 0. The Kier molecular flexibility index (Phi) is 4.42. The largest absolute Gasteiger partial charge is 0.487 e. The van der Waals surface area contributed by atoms with Crippen LogP contribution in [0.1, 0.15) is 47.8 Å². The molecule has 0 aliphatic carbocycles. The van der Waals surface area contributed by atoms with E-state index in [0.717, 1.165) is 11.1 Å². The van der Waals surface area contributed by atoms with Gasteiger partial charge in [0, 0.05) is 12.0 Å². The Morgan fingerprint density at radius 2 is 1.97 bits per heavy atom. The smallest absolute Gasteiger partial charge is 0.269 e. The zero-order chi connectivity index (χ0) is 21.0. The van der Waals surface area contributed by atoms with E-state index < -0.39 is 34.0 Å². The summed E-state index contributed by atoms with van der Waals surface area (Å²) in [5.74, 6) is -0.529. The molecule has 0 fully saturated rings. The molecular formula is C21H22N2O5S. The summed E-state index contributed by atoms with van der Waals surface area (Å²) < 4.78 is 32.0. The van der Waals surface area contributed by atoms with Crippen molar-refractivity contribution in [3.05, 3.63) is 59.2 Å². The third-order valence-electron chi connectivity index (χ3n) is 5.16. The average molecular weight is 414 g/mol. The lowest BCUT2D eigenvalue weighted by atomic mass is 9.89. The number of rotatable bonds is 3. The SMILES string of the molecule is Cc1ccc2c(c1)[C@H](NC(=O)CN1C(=O)c3ccccc3S1(=O)=O)CC(C)(C)O2. The topological polar surface area (TPSA) is 92.8 Å². The highest BCUT2D eigenvalue weighted by Crippen LogP contribution is 2.40. The molecule has 2 aromatic carbocycles. The monoisotopic (exact) mass is 414 g/mol. The maximum atomic E-state index is 12.7. The molecule has 0 aromatic heterocycles. The van der Waals surface area contributed by atoms with Crippen molar-refractivity contribution in [3.63, 3.8) is 0 Å². The van der Waals surface area contributed by atoms with Crippen molar-refractivity contribution in [1.29, 1.82) is 0 Å². The first kappa shape index (κ1) is 19.4. The Morgan fingerprint density at radius 1 is 1.24 bits per heavy atom. The molecule has 152 valence electrons. The number of ether oxygens (including phenoxy) is 1. The van der Waals surface area contributed by atoms with E-state index >= 15 is 0 Å². The van der Waals surface area contributed by atoms with Gasteiger partial charge in [-0.05, 0) is 39.0 Å². The van der Waals surface area contributed by atoms with Crippen LogP contribution >= 0.6 is 0 Å². The minimum absolute atomic E-state index is 0.0639. The zero-order valence-electron chi connectivity index (χ0n) is 16.4. The van der Waals surface area contributed by atoms with Crippen molar-refractivity contribution in [3.8, 4) is 5.75 Å². The summed E-state index contributed by atoms with van der Waals surface area (Å²) in [6.07, 6.45) is 0.524. The van der Waals surface area contributed by atoms with Crippen molar-refractivity contribution in [2.24, 2.45) is 0 Å². The van der Waals surface area contributed by atoms with Crippen LogP contribution in [-0.2, 0) is 14.8 Å². The Labute approximate surface area is 169 Å². The van der Waals surface area contributed by atoms with Gasteiger partial charge in [0.1, 0.15) is 22.8 Å². The van der Waals surface area contributed by atoms with Gasteiger partial charge >= 0.3 is 0 Å². The number of nitrogens with zero attached hydrogens (tertiary/aromatic N) is 1. The van der Waals surface area contributed by atoms with E-state index in [1.807, 2.05) is 39.0 Å². The summed E-state index contributed by atoms with van der Waals surface area (Å²) in [6, 6.07) is 11.4. The van der Waals surface area contributed by atoms with Gasteiger partial charge in [-0.3, -0.25) is 9.59 Å². The number of fused-ring (bicyclic) bond motifs is 2. The van der Waals surface area contributed by atoms with Crippen LogP contribution in [0.25, 0.3) is 0 Å². The second-order valence-corrected chi connectivity index (χ2v) is 9.87. The van der Waals surface area contributed by atoms with E-state index in [-0.39, 0.29) is 16.5 Å². The average Bonchev–Trinajstić information content (AvgIpc) is 2.83. The second-order valence-electron chi connectivity index (χ2n) is 8.04. The molecule has 2 heterocycles. The fraction of sp³-hybridized carbons (Fsp3) is 0.333. The van der Waals surface area contributed by atoms with E-state index in [0.29, 0.717) is 16.5 Å². The number of hydrogen-bond acceptors (Lipinski definition) is 5. The highest BCUT2D eigenvalue weighted by molar-refractivity contribution is 7.90. The van der Waals surface area contributed by atoms with Crippen LogP contribution in [0.4, 0.5) is 0 Å². The van der Waals surface area contributed by atoms with Crippen molar-refractivity contribution < 1.29 is 22.7 Å². The fourth-order valence-corrected chi connectivity index (χ4v) is 5.39. The lowest BCUT2D eigenvalue weighted by Gasteiger charge is -2.38.